The monoisotopic (exact) mass is 1010 g/mol. The van der Waals surface area contributed by atoms with Crippen molar-refractivity contribution < 1.29 is 13.2 Å². The molecule has 0 radical (unpaired) electrons. The van der Waals surface area contributed by atoms with Gasteiger partial charge in [0.2, 0.25) is 0 Å². The zero-order chi connectivity index (χ0) is 53.8. The standard InChI is InChI=1S/C67H33F3N8/c1-73-52-21-13-44(14-22-52)48-19-27-56-55-25-17-46(42-9-5-40(38-71)6-10-42)31-61(55)77(62(56)33-48)65-36-59(50-29-51(67(68,69)70)35-54(30-50)75-3)60(76-4)37-66(65)78-63-32-47(43-11-7-41(39-72)8-12-43)18-26-57(63)58-28-20-49(34-64(58)78)45-15-23-53(74-2)24-16-45/h5-37H. The molecular formula is C67H33F3N8. The van der Waals surface area contributed by atoms with Crippen molar-refractivity contribution >= 4 is 66.4 Å². The van der Waals surface area contributed by atoms with E-state index in [0.29, 0.717) is 33.9 Å². The fourth-order valence-corrected chi connectivity index (χ4v) is 10.4. The van der Waals surface area contributed by atoms with Gasteiger partial charge in [0.25, 0.3) is 0 Å². The fourth-order valence-electron chi connectivity index (χ4n) is 10.4. The topological polar surface area (TPSA) is 74.9 Å². The van der Waals surface area contributed by atoms with Gasteiger partial charge in [0.1, 0.15) is 0 Å². The van der Waals surface area contributed by atoms with Gasteiger partial charge < -0.3 is 9.13 Å². The number of rotatable bonds is 7. The van der Waals surface area contributed by atoms with Gasteiger partial charge in [-0.15, -0.1) is 0 Å². The first-order valence-corrected chi connectivity index (χ1v) is 24.3. The highest BCUT2D eigenvalue weighted by atomic mass is 19.4. The number of halogens is 3. The minimum atomic E-state index is -4.81. The molecule has 0 saturated heterocycles. The van der Waals surface area contributed by atoms with Crippen molar-refractivity contribution in [1.82, 2.24) is 9.13 Å². The third-order valence-corrected chi connectivity index (χ3v) is 14.3. The Hall–Kier alpha value is -11.5. The summed E-state index contributed by atoms with van der Waals surface area (Å²) >= 11 is 0. The highest BCUT2D eigenvalue weighted by Gasteiger charge is 2.32. The molecule has 0 atom stereocenters. The second-order valence-corrected chi connectivity index (χ2v) is 18.6. The lowest BCUT2D eigenvalue weighted by molar-refractivity contribution is -0.137. The molecule has 0 aliphatic heterocycles. The molecular weight excluding hydrogens is 974 g/mol. The number of hydrogen-bond acceptors (Lipinski definition) is 2. The van der Waals surface area contributed by atoms with Gasteiger partial charge in [-0.3, -0.25) is 0 Å². The van der Waals surface area contributed by atoms with Crippen molar-refractivity contribution in [2.24, 2.45) is 0 Å². The lowest BCUT2D eigenvalue weighted by atomic mass is 9.98. The van der Waals surface area contributed by atoms with Gasteiger partial charge in [-0.2, -0.15) is 23.7 Å². The van der Waals surface area contributed by atoms with Crippen LogP contribution < -0.4 is 0 Å². The number of fused-ring (bicyclic) bond motifs is 6. The van der Waals surface area contributed by atoms with Gasteiger partial charge in [-0.05, 0) is 134 Å². The number of aromatic nitrogens is 2. The number of alkyl halides is 3. The Morgan fingerprint density at radius 1 is 0.346 bits per heavy atom. The summed E-state index contributed by atoms with van der Waals surface area (Å²) in [5.41, 5.74) is 11.6. The van der Waals surface area contributed by atoms with Gasteiger partial charge in [0.15, 0.2) is 22.7 Å². The molecule has 362 valence electrons. The summed E-state index contributed by atoms with van der Waals surface area (Å²) < 4.78 is 48.5. The lowest BCUT2D eigenvalue weighted by Gasteiger charge is -2.21. The van der Waals surface area contributed by atoms with Crippen LogP contribution in [0.15, 0.2) is 200 Å². The molecule has 8 nitrogen and oxygen atoms in total. The SMILES string of the molecule is [C-]#[N+]c1ccc(-c2ccc3c4ccc(-c5ccc(C#N)cc5)cc4n(-c4cc([N+]#[C-])c(-c5cc([N+]#[C-])cc(C(F)(F)F)c5)cc4-n4c5cc(-c6ccc(C#N)cc6)ccc5c5ccc(-c6ccc([N+]#[C-])cc6)cc54)c3c2)cc1. The molecule has 12 aromatic rings. The van der Waals surface area contributed by atoms with Crippen LogP contribution in [-0.4, -0.2) is 9.13 Å². The highest BCUT2D eigenvalue weighted by molar-refractivity contribution is 6.14. The summed E-state index contributed by atoms with van der Waals surface area (Å²) in [6, 6.07) is 64.6. The number of nitrogens with zero attached hydrogens (tertiary/aromatic N) is 8. The minimum Gasteiger partial charge on any atom is -0.308 e. The van der Waals surface area contributed by atoms with Crippen LogP contribution in [0.1, 0.15) is 16.7 Å². The van der Waals surface area contributed by atoms with Crippen LogP contribution in [0, 0.1) is 49.0 Å². The summed E-state index contributed by atoms with van der Waals surface area (Å²) in [5, 5.41) is 22.8. The summed E-state index contributed by atoms with van der Waals surface area (Å²) in [6.45, 7) is 31.9. The Morgan fingerprint density at radius 3 is 1.03 bits per heavy atom. The molecule has 0 spiro atoms. The maximum absolute atomic E-state index is 14.8. The molecule has 0 bridgehead atoms. The van der Waals surface area contributed by atoms with E-state index in [-0.39, 0.29) is 22.5 Å². The van der Waals surface area contributed by atoms with Crippen LogP contribution in [0.2, 0.25) is 0 Å². The van der Waals surface area contributed by atoms with Gasteiger partial charge in [0, 0.05) is 27.1 Å². The molecule has 0 unspecified atom stereocenters. The van der Waals surface area contributed by atoms with E-state index in [1.54, 1.807) is 60.7 Å². The highest BCUT2D eigenvalue weighted by Crippen LogP contribution is 2.47. The van der Waals surface area contributed by atoms with Crippen molar-refractivity contribution in [1.29, 1.82) is 10.5 Å². The van der Waals surface area contributed by atoms with Crippen LogP contribution in [0.25, 0.3) is 130 Å². The van der Waals surface area contributed by atoms with Crippen molar-refractivity contribution in [2.45, 2.75) is 6.18 Å². The number of benzene rings is 10. The summed E-state index contributed by atoms with van der Waals surface area (Å²) in [5.74, 6) is 0. The van der Waals surface area contributed by atoms with E-state index in [1.165, 1.54) is 6.07 Å². The van der Waals surface area contributed by atoms with E-state index in [0.717, 1.165) is 100 Å². The smallest absolute Gasteiger partial charge is 0.308 e. The Labute approximate surface area is 445 Å². The summed E-state index contributed by atoms with van der Waals surface area (Å²) in [4.78, 5) is 14.7. The first-order chi connectivity index (χ1) is 38.0. The normalized spacial score (nSPS) is 11.2. The van der Waals surface area contributed by atoms with Crippen molar-refractivity contribution in [2.75, 3.05) is 0 Å². The Balaban J connectivity index is 1.25. The minimum absolute atomic E-state index is 0.0321. The maximum atomic E-state index is 14.8. The lowest BCUT2D eigenvalue weighted by Crippen LogP contribution is -2.06. The number of nitriles is 2. The molecule has 0 saturated carbocycles. The van der Waals surface area contributed by atoms with Crippen molar-refractivity contribution in [3.63, 3.8) is 0 Å². The quantitative estimate of drug-likeness (QED) is 0.149. The Bertz CT molecular complexity index is 4520. The van der Waals surface area contributed by atoms with Crippen LogP contribution in [0.4, 0.5) is 35.9 Å². The average molecular weight is 1010 g/mol. The molecule has 2 heterocycles. The van der Waals surface area contributed by atoms with E-state index in [9.17, 15) is 23.7 Å². The molecule has 0 aliphatic rings. The van der Waals surface area contributed by atoms with E-state index >= 15 is 0 Å². The molecule has 0 fully saturated rings. The van der Waals surface area contributed by atoms with Crippen LogP contribution in [0.3, 0.4) is 0 Å². The summed E-state index contributed by atoms with van der Waals surface area (Å²) in [7, 11) is 0. The van der Waals surface area contributed by atoms with E-state index in [2.05, 4.69) is 58.9 Å². The summed E-state index contributed by atoms with van der Waals surface area (Å²) in [6.07, 6.45) is -4.81. The molecule has 12 rings (SSSR count). The molecule has 0 amide bonds. The Morgan fingerprint density at radius 2 is 0.692 bits per heavy atom. The zero-order valence-corrected chi connectivity index (χ0v) is 40.8. The van der Waals surface area contributed by atoms with Crippen LogP contribution in [-0.2, 0) is 6.18 Å². The third-order valence-electron chi connectivity index (χ3n) is 14.3. The van der Waals surface area contributed by atoms with Gasteiger partial charge >= 0.3 is 6.18 Å². The molecule has 2 aromatic heterocycles. The first kappa shape index (κ1) is 47.5. The Kier molecular flexibility index (Phi) is 11.4. The molecule has 0 aliphatic carbocycles. The van der Waals surface area contributed by atoms with Crippen molar-refractivity contribution in [3.05, 3.63) is 263 Å². The molecule has 0 N–H and O–H groups in total. The molecule has 10 aromatic carbocycles. The van der Waals surface area contributed by atoms with E-state index < -0.39 is 11.7 Å². The largest absolute Gasteiger partial charge is 0.415 e. The first-order valence-electron chi connectivity index (χ1n) is 24.3. The van der Waals surface area contributed by atoms with Gasteiger partial charge in [-0.1, -0.05) is 121 Å². The third kappa shape index (κ3) is 8.17. The molecule has 78 heavy (non-hydrogen) atoms. The fraction of sp³-hybridized carbons (Fsp3) is 0.0149. The number of hydrogen-bond donors (Lipinski definition) is 0. The zero-order valence-electron chi connectivity index (χ0n) is 40.8. The van der Waals surface area contributed by atoms with Gasteiger partial charge in [0.05, 0.1) is 83.0 Å². The van der Waals surface area contributed by atoms with Crippen LogP contribution in [0.5, 0.6) is 0 Å². The van der Waals surface area contributed by atoms with Crippen LogP contribution >= 0.6 is 0 Å². The predicted molar refractivity (Wildman–Crippen MR) is 302 cm³/mol. The second-order valence-electron chi connectivity index (χ2n) is 18.6. The van der Waals surface area contributed by atoms with E-state index in [1.807, 2.05) is 103 Å². The second kappa shape index (κ2) is 18.8. The van der Waals surface area contributed by atoms with E-state index in [4.69, 9.17) is 26.3 Å². The van der Waals surface area contributed by atoms with Gasteiger partial charge in [-0.25, -0.2) is 19.4 Å². The average Bonchev–Trinajstić information content (AvgIpc) is 4.22. The maximum Gasteiger partial charge on any atom is 0.415 e. The predicted octanol–water partition coefficient (Wildman–Crippen LogP) is 19.2. The molecule has 11 heteroatoms. The van der Waals surface area contributed by atoms with Crippen molar-refractivity contribution in [3.8, 4) is 79.1 Å².